The third-order valence-electron chi connectivity index (χ3n) is 3.78. The van der Waals surface area contributed by atoms with Crippen LogP contribution in [0.5, 0.6) is 0 Å². The molecule has 2 aromatic heterocycles. The van der Waals surface area contributed by atoms with Gasteiger partial charge < -0.3 is 14.8 Å². The smallest absolute Gasteiger partial charge is 0.349 e. The van der Waals surface area contributed by atoms with Crippen molar-refractivity contribution in [3.05, 3.63) is 63.8 Å². The van der Waals surface area contributed by atoms with Gasteiger partial charge in [-0.05, 0) is 37.4 Å². The van der Waals surface area contributed by atoms with Crippen LogP contribution < -0.4 is 10.9 Å². The lowest BCUT2D eigenvalue weighted by molar-refractivity contribution is 0.102. The van der Waals surface area contributed by atoms with Crippen molar-refractivity contribution in [3.63, 3.8) is 0 Å². The van der Waals surface area contributed by atoms with E-state index in [9.17, 15) is 14.7 Å². The molecule has 0 unspecified atom stereocenters. The second-order valence-electron chi connectivity index (χ2n) is 5.40. The summed E-state index contributed by atoms with van der Waals surface area (Å²) in [4.78, 5) is 29.8. The molecule has 0 aliphatic carbocycles. The molecular weight excluding hydrogens is 340 g/mol. The second-order valence-corrected chi connectivity index (χ2v) is 6.28. The van der Waals surface area contributed by atoms with E-state index in [1.54, 1.807) is 24.8 Å². The lowest BCUT2D eigenvalue weighted by Crippen LogP contribution is -2.21. The summed E-state index contributed by atoms with van der Waals surface area (Å²) in [6.45, 7) is 1.43. The number of anilines is 1. The number of carbonyl (C=O) groups is 1. The molecule has 6 nitrogen and oxygen atoms in total. The first kappa shape index (κ1) is 17.2. The summed E-state index contributed by atoms with van der Waals surface area (Å²) in [5.41, 5.74) is 1.00. The van der Waals surface area contributed by atoms with Crippen molar-refractivity contribution in [3.8, 4) is 0 Å². The minimum Gasteiger partial charge on any atom is -0.420 e. The van der Waals surface area contributed by atoms with Crippen molar-refractivity contribution in [1.29, 1.82) is 0 Å². The number of benzene rings is 1. The Morgan fingerprint density at radius 2 is 2.16 bits per heavy atom. The summed E-state index contributed by atoms with van der Waals surface area (Å²) >= 11 is 1.55. The van der Waals surface area contributed by atoms with E-state index in [1.165, 1.54) is 12.3 Å². The highest BCUT2D eigenvalue weighted by Gasteiger charge is 2.17. The van der Waals surface area contributed by atoms with Crippen LogP contribution in [0.3, 0.4) is 0 Å². The van der Waals surface area contributed by atoms with Gasteiger partial charge in [0.25, 0.3) is 5.91 Å². The predicted molar refractivity (Wildman–Crippen MR) is 97.1 cm³/mol. The minimum absolute atomic E-state index is 0.123. The van der Waals surface area contributed by atoms with E-state index in [-0.39, 0.29) is 17.8 Å². The van der Waals surface area contributed by atoms with Crippen LogP contribution in [0, 0.1) is 6.92 Å². The summed E-state index contributed by atoms with van der Waals surface area (Å²) in [7, 11) is 0. The van der Waals surface area contributed by atoms with Crippen molar-refractivity contribution < 1.29 is 14.3 Å². The standard InChI is InChI=1S/C18H16N2O4S/c1-10-16-14(11(9-21)8-19-10)7-15(18(23)24-16)17(22)20-12-4-3-5-13(6-12)25-2/h3-8,21H,9H2,1-2H3,(H,20,22). The molecule has 0 aliphatic heterocycles. The highest BCUT2D eigenvalue weighted by molar-refractivity contribution is 7.98. The number of pyridine rings is 1. The molecule has 0 spiro atoms. The Morgan fingerprint density at radius 3 is 2.88 bits per heavy atom. The fourth-order valence-corrected chi connectivity index (χ4v) is 2.92. The van der Waals surface area contributed by atoms with E-state index < -0.39 is 11.5 Å². The molecule has 7 heteroatoms. The zero-order valence-electron chi connectivity index (χ0n) is 13.7. The Bertz CT molecular complexity index is 1010. The molecule has 128 valence electrons. The molecule has 0 saturated heterocycles. The average Bonchev–Trinajstić information content (AvgIpc) is 2.62. The van der Waals surface area contributed by atoms with Gasteiger partial charge in [-0.1, -0.05) is 6.07 Å². The molecule has 0 saturated carbocycles. The fourth-order valence-electron chi connectivity index (χ4n) is 2.47. The van der Waals surface area contributed by atoms with Crippen LogP contribution >= 0.6 is 11.8 Å². The number of aromatic nitrogens is 1. The molecule has 1 amide bonds. The Kier molecular flexibility index (Phi) is 4.87. The number of aliphatic hydroxyl groups is 1. The zero-order chi connectivity index (χ0) is 18.0. The SMILES string of the molecule is CSc1cccc(NC(=O)c2cc3c(CO)cnc(C)c3oc2=O)c1. The summed E-state index contributed by atoms with van der Waals surface area (Å²) in [5.74, 6) is -0.563. The van der Waals surface area contributed by atoms with Crippen LogP contribution in [-0.4, -0.2) is 22.3 Å². The van der Waals surface area contributed by atoms with E-state index in [4.69, 9.17) is 4.42 Å². The topological polar surface area (TPSA) is 92.4 Å². The summed E-state index contributed by atoms with van der Waals surface area (Å²) in [6.07, 6.45) is 3.44. The first-order valence-electron chi connectivity index (χ1n) is 7.52. The van der Waals surface area contributed by atoms with Gasteiger partial charge in [0.1, 0.15) is 5.56 Å². The maximum Gasteiger partial charge on any atom is 0.349 e. The number of nitrogens with one attached hydrogen (secondary N) is 1. The van der Waals surface area contributed by atoms with E-state index >= 15 is 0 Å². The predicted octanol–water partition coefficient (Wildman–Crippen LogP) is 2.96. The number of hydrogen-bond acceptors (Lipinski definition) is 6. The number of aliphatic hydroxyl groups excluding tert-OH is 1. The summed E-state index contributed by atoms with van der Waals surface area (Å²) in [5, 5.41) is 12.7. The van der Waals surface area contributed by atoms with Crippen molar-refractivity contribution in [2.75, 3.05) is 11.6 Å². The Balaban J connectivity index is 2.04. The first-order valence-corrected chi connectivity index (χ1v) is 8.74. The maximum atomic E-state index is 12.5. The highest BCUT2D eigenvalue weighted by Crippen LogP contribution is 2.22. The van der Waals surface area contributed by atoms with Crippen LogP contribution in [0.2, 0.25) is 0 Å². The molecule has 0 aliphatic rings. The number of carbonyl (C=O) groups excluding carboxylic acids is 1. The van der Waals surface area contributed by atoms with Gasteiger partial charge in [0, 0.05) is 27.7 Å². The third kappa shape index (κ3) is 3.42. The van der Waals surface area contributed by atoms with Gasteiger partial charge in [-0.15, -0.1) is 11.8 Å². The quantitative estimate of drug-likeness (QED) is 0.698. The van der Waals surface area contributed by atoms with Crippen molar-refractivity contribution in [2.24, 2.45) is 0 Å². The molecular formula is C18H16N2O4S. The average molecular weight is 356 g/mol. The second kappa shape index (κ2) is 7.08. The molecule has 1 aromatic carbocycles. The normalized spacial score (nSPS) is 10.8. The monoisotopic (exact) mass is 356 g/mol. The van der Waals surface area contributed by atoms with Crippen molar-refractivity contribution in [2.45, 2.75) is 18.4 Å². The highest BCUT2D eigenvalue weighted by atomic mass is 32.2. The molecule has 2 heterocycles. The molecule has 0 fully saturated rings. The van der Waals surface area contributed by atoms with Crippen LogP contribution in [0.15, 0.2) is 50.6 Å². The lowest BCUT2D eigenvalue weighted by atomic mass is 10.1. The molecule has 0 atom stereocenters. The van der Waals surface area contributed by atoms with Gasteiger partial charge in [-0.25, -0.2) is 4.79 Å². The van der Waals surface area contributed by atoms with Gasteiger partial charge in [0.15, 0.2) is 5.58 Å². The van der Waals surface area contributed by atoms with Gasteiger partial charge in [0.05, 0.1) is 12.3 Å². The number of thioether (sulfide) groups is 1. The van der Waals surface area contributed by atoms with Gasteiger partial charge in [0.2, 0.25) is 0 Å². The van der Waals surface area contributed by atoms with E-state index in [0.29, 0.717) is 22.3 Å². The van der Waals surface area contributed by atoms with Crippen molar-refractivity contribution >= 4 is 34.3 Å². The Labute approximate surface area is 147 Å². The van der Waals surface area contributed by atoms with E-state index in [1.807, 2.05) is 24.5 Å². The molecule has 25 heavy (non-hydrogen) atoms. The van der Waals surface area contributed by atoms with Gasteiger partial charge in [-0.3, -0.25) is 9.78 Å². The molecule has 3 aromatic rings. The third-order valence-corrected chi connectivity index (χ3v) is 4.50. The fraction of sp³-hybridized carbons (Fsp3) is 0.167. The molecule has 3 rings (SSSR count). The first-order chi connectivity index (χ1) is 12.0. The van der Waals surface area contributed by atoms with Crippen LogP contribution in [0.25, 0.3) is 11.0 Å². The largest absolute Gasteiger partial charge is 0.420 e. The van der Waals surface area contributed by atoms with Gasteiger partial charge in [-0.2, -0.15) is 0 Å². The number of hydrogen-bond donors (Lipinski definition) is 2. The number of nitrogens with zero attached hydrogens (tertiary/aromatic N) is 1. The van der Waals surface area contributed by atoms with Crippen molar-refractivity contribution in [1.82, 2.24) is 4.98 Å². The van der Waals surface area contributed by atoms with Crippen LogP contribution in [0.1, 0.15) is 21.6 Å². The zero-order valence-corrected chi connectivity index (χ0v) is 14.5. The molecule has 0 radical (unpaired) electrons. The lowest BCUT2D eigenvalue weighted by Gasteiger charge is -2.08. The maximum absolute atomic E-state index is 12.5. The molecule has 0 bridgehead atoms. The number of amides is 1. The van der Waals surface area contributed by atoms with Gasteiger partial charge >= 0.3 is 5.63 Å². The van der Waals surface area contributed by atoms with E-state index in [2.05, 4.69) is 10.3 Å². The summed E-state index contributed by atoms with van der Waals surface area (Å²) in [6, 6.07) is 8.75. The Morgan fingerprint density at radius 1 is 1.36 bits per heavy atom. The molecule has 2 N–H and O–H groups in total. The van der Waals surface area contributed by atoms with Crippen LogP contribution in [0.4, 0.5) is 5.69 Å². The summed E-state index contributed by atoms with van der Waals surface area (Å²) < 4.78 is 5.28. The number of aryl methyl sites for hydroxylation is 1. The van der Waals surface area contributed by atoms with Crippen LogP contribution in [-0.2, 0) is 6.61 Å². The number of fused-ring (bicyclic) bond motifs is 1. The Hall–Kier alpha value is -2.64. The number of rotatable bonds is 4. The van der Waals surface area contributed by atoms with E-state index in [0.717, 1.165) is 4.90 Å². The minimum atomic E-state index is -0.744.